The first-order chi connectivity index (χ1) is 13.1. The van der Waals surface area contributed by atoms with Gasteiger partial charge in [0.1, 0.15) is 0 Å². The van der Waals surface area contributed by atoms with Crippen LogP contribution in [0.25, 0.3) is 0 Å². The Morgan fingerprint density at radius 2 is 1.78 bits per heavy atom. The van der Waals surface area contributed by atoms with Gasteiger partial charge < -0.3 is 10.2 Å². The molecule has 1 heterocycles. The van der Waals surface area contributed by atoms with Crippen LogP contribution in [0.1, 0.15) is 18.1 Å². The number of nitrogens with zero attached hydrogens (tertiary/aromatic N) is 3. The van der Waals surface area contributed by atoms with Crippen LogP contribution in [0.3, 0.4) is 0 Å². The minimum Gasteiger partial charge on any atom is -0.341 e. The van der Waals surface area contributed by atoms with E-state index in [1.807, 2.05) is 37.4 Å². The minimum atomic E-state index is 0.0762. The maximum Gasteiger partial charge on any atom is 0.233 e. The first kappa shape index (κ1) is 19.4. The fourth-order valence-corrected chi connectivity index (χ4v) is 4.15. The third kappa shape index (κ3) is 5.80. The molecule has 0 spiro atoms. The number of para-hydroxylation sites is 1. The third-order valence-corrected chi connectivity index (χ3v) is 5.98. The number of rotatable bonds is 8. The van der Waals surface area contributed by atoms with Crippen molar-refractivity contribution in [2.45, 2.75) is 24.2 Å². The second-order valence-electron chi connectivity index (χ2n) is 6.07. The first-order valence-electron chi connectivity index (χ1n) is 8.74. The van der Waals surface area contributed by atoms with Crippen molar-refractivity contribution in [1.29, 1.82) is 0 Å². The Morgan fingerprint density at radius 3 is 2.48 bits per heavy atom. The highest BCUT2D eigenvalue weighted by molar-refractivity contribution is 8.01. The van der Waals surface area contributed by atoms with Crippen LogP contribution in [0.4, 0.5) is 10.8 Å². The van der Waals surface area contributed by atoms with Gasteiger partial charge in [0.2, 0.25) is 11.0 Å². The van der Waals surface area contributed by atoms with Crippen LogP contribution < -0.4 is 5.32 Å². The Balaban J connectivity index is 1.48. The van der Waals surface area contributed by atoms with Crippen LogP contribution in [0.5, 0.6) is 0 Å². The molecule has 140 valence electrons. The van der Waals surface area contributed by atoms with E-state index < -0.39 is 0 Å². The molecule has 0 unspecified atom stereocenters. The lowest BCUT2D eigenvalue weighted by Gasteiger charge is -2.17. The standard InChI is InChI=1S/C20H22N4OS2/c1-3-15-9-11-16(12-10-15)13-24(2)18(25)14-26-20-23-22-19(27-20)21-17-7-5-4-6-8-17/h4-12H,3,13-14H2,1-2H3,(H,21,22). The van der Waals surface area contributed by atoms with Crippen molar-refractivity contribution in [2.24, 2.45) is 0 Å². The van der Waals surface area contributed by atoms with Gasteiger partial charge >= 0.3 is 0 Å². The van der Waals surface area contributed by atoms with Gasteiger partial charge in [0, 0.05) is 19.3 Å². The van der Waals surface area contributed by atoms with Gasteiger partial charge in [-0.15, -0.1) is 10.2 Å². The van der Waals surface area contributed by atoms with Gasteiger partial charge in [0.25, 0.3) is 0 Å². The summed E-state index contributed by atoms with van der Waals surface area (Å²) in [5.41, 5.74) is 3.41. The molecule has 0 aliphatic rings. The molecule has 0 aliphatic heterocycles. The van der Waals surface area contributed by atoms with E-state index >= 15 is 0 Å². The molecule has 1 aromatic heterocycles. The Hall–Kier alpha value is -2.38. The molecule has 0 bridgehead atoms. The minimum absolute atomic E-state index is 0.0762. The summed E-state index contributed by atoms with van der Waals surface area (Å²) in [5, 5.41) is 12.2. The van der Waals surface area contributed by atoms with E-state index in [-0.39, 0.29) is 5.91 Å². The van der Waals surface area contributed by atoms with Crippen molar-refractivity contribution in [3.05, 3.63) is 65.7 Å². The lowest BCUT2D eigenvalue weighted by atomic mass is 10.1. The molecule has 7 heteroatoms. The van der Waals surface area contributed by atoms with E-state index in [0.717, 1.165) is 27.1 Å². The number of anilines is 2. The number of hydrogen-bond donors (Lipinski definition) is 1. The molecule has 1 N–H and O–H groups in total. The number of aromatic nitrogens is 2. The number of carbonyl (C=O) groups excluding carboxylic acids is 1. The number of aryl methyl sites for hydroxylation is 1. The predicted molar refractivity (Wildman–Crippen MR) is 113 cm³/mol. The monoisotopic (exact) mass is 398 g/mol. The number of hydrogen-bond acceptors (Lipinski definition) is 6. The summed E-state index contributed by atoms with van der Waals surface area (Å²) in [4.78, 5) is 14.1. The van der Waals surface area contributed by atoms with Crippen molar-refractivity contribution >= 4 is 39.8 Å². The van der Waals surface area contributed by atoms with Crippen LogP contribution in [0, 0.1) is 0 Å². The van der Waals surface area contributed by atoms with Crippen LogP contribution >= 0.6 is 23.1 Å². The molecule has 5 nitrogen and oxygen atoms in total. The summed E-state index contributed by atoms with van der Waals surface area (Å²) < 4.78 is 0.780. The lowest BCUT2D eigenvalue weighted by Crippen LogP contribution is -2.27. The number of benzene rings is 2. The quantitative estimate of drug-likeness (QED) is 0.562. The van der Waals surface area contributed by atoms with E-state index in [9.17, 15) is 4.79 Å². The van der Waals surface area contributed by atoms with Gasteiger partial charge in [0.15, 0.2) is 4.34 Å². The molecule has 3 aromatic rings. The maximum absolute atomic E-state index is 12.4. The Bertz CT molecular complexity index is 865. The van der Waals surface area contributed by atoms with Gasteiger partial charge in [-0.05, 0) is 29.7 Å². The average Bonchev–Trinajstić information content (AvgIpc) is 3.14. The van der Waals surface area contributed by atoms with E-state index in [0.29, 0.717) is 12.3 Å². The number of thioether (sulfide) groups is 1. The van der Waals surface area contributed by atoms with Crippen molar-refractivity contribution < 1.29 is 4.79 Å². The number of nitrogens with one attached hydrogen (secondary N) is 1. The fourth-order valence-electron chi connectivity index (χ4n) is 2.44. The van der Waals surface area contributed by atoms with Crippen LogP contribution in [-0.2, 0) is 17.8 Å². The third-order valence-electron chi connectivity index (χ3n) is 4.03. The topological polar surface area (TPSA) is 58.1 Å². The molecule has 0 saturated carbocycles. The van der Waals surface area contributed by atoms with E-state index in [1.165, 1.54) is 28.7 Å². The predicted octanol–water partition coefficient (Wildman–Crippen LogP) is 4.59. The van der Waals surface area contributed by atoms with Crippen molar-refractivity contribution in [1.82, 2.24) is 15.1 Å². The normalized spacial score (nSPS) is 10.6. The largest absolute Gasteiger partial charge is 0.341 e. The van der Waals surface area contributed by atoms with Gasteiger partial charge in [-0.25, -0.2) is 0 Å². The first-order valence-corrected chi connectivity index (χ1v) is 10.5. The van der Waals surface area contributed by atoms with E-state index in [4.69, 9.17) is 0 Å². The SMILES string of the molecule is CCc1ccc(CN(C)C(=O)CSc2nnc(Nc3ccccc3)s2)cc1. The molecular formula is C20H22N4OS2. The summed E-state index contributed by atoms with van der Waals surface area (Å²) in [6.07, 6.45) is 1.02. The number of amides is 1. The number of carbonyl (C=O) groups is 1. The highest BCUT2D eigenvalue weighted by Crippen LogP contribution is 2.27. The van der Waals surface area contributed by atoms with E-state index in [1.54, 1.807) is 4.90 Å². The maximum atomic E-state index is 12.4. The molecule has 0 atom stereocenters. The van der Waals surface area contributed by atoms with Crippen molar-refractivity contribution in [2.75, 3.05) is 18.1 Å². The molecule has 1 amide bonds. The van der Waals surface area contributed by atoms with Gasteiger partial charge in [-0.1, -0.05) is 72.5 Å². The average molecular weight is 399 g/mol. The molecular weight excluding hydrogens is 376 g/mol. The second kappa shape index (κ2) is 9.53. The zero-order valence-corrected chi connectivity index (χ0v) is 17.0. The van der Waals surface area contributed by atoms with Crippen molar-refractivity contribution in [3.8, 4) is 0 Å². The zero-order valence-electron chi connectivity index (χ0n) is 15.4. The molecule has 3 rings (SSSR count). The molecule has 2 aromatic carbocycles. The summed E-state index contributed by atoms with van der Waals surface area (Å²) in [5.74, 6) is 0.427. The zero-order chi connectivity index (χ0) is 19.1. The van der Waals surface area contributed by atoms with Crippen LogP contribution in [0.15, 0.2) is 58.9 Å². The van der Waals surface area contributed by atoms with Gasteiger partial charge in [0.05, 0.1) is 5.75 Å². The Morgan fingerprint density at radius 1 is 1.07 bits per heavy atom. The highest BCUT2D eigenvalue weighted by atomic mass is 32.2. The van der Waals surface area contributed by atoms with Crippen LogP contribution in [-0.4, -0.2) is 33.8 Å². The molecule has 0 radical (unpaired) electrons. The summed E-state index contributed by atoms with van der Waals surface area (Å²) in [6.45, 7) is 2.75. The van der Waals surface area contributed by atoms with Crippen molar-refractivity contribution in [3.63, 3.8) is 0 Å². The Labute approximate surface area is 167 Å². The summed E-state index contributed by atoms with van der Waals surface area (Å²) >= 11 is 2.87. The summed E-state index contributed by atoms with van der Waals surface area (Å²) in [7, 11) is 1.83. The molecule has 27 heavy (non-hydrogen) atoms. The molecule has 0 fully saturated rings. The van der Waals surface area contributed by atoms with Gasteiger partial charge in [-0.3, -0.25) is 4.79 Å². The molecule has 0 saturated heterocycles. The molecule has 0 aliphatic carbocycles. The second-order valence-corrected chi connectivity index (χ2v) is 8.27. The lowest BCUT2D eigenvalue weighted by molar-refractivity contribution is -0.127. The van der Waals surface area contributed by atoms with Crippen LogP contribution in [0.2, 0.25) is 0 Å². The van der Waals surface area contributed by atoms with E-state index in [2.05, 4.69) is 46.7 Å². The van der Waals surface area contributed by atoms with Gasteiger partial charge in [-0.2, -0.15) is 0 Å². The summed E-state index contributed by atoms with van der Waals surface area (Å²) in [6, 6.07) is 18.2. The Kier molecular flexibility index (Phi) is 6.84. The fraction of sp³-hybridized carbons (Fsp3) is 0.250. The highest BCUT2D eigenvalue weighted by Gasteiger charge is 2.12. The smallest absolute Gasteiger partial charge is 0.233 e.